The van der Waals surface area contributed by atoms with Crippen LogP contribution in [0.4, 0.5) is 0 Å². The molecule has 134 valence electrons. The molecule has 1 aliphatic rings. The van der Waals surface area contributed by atoms with Crippen LogP contribution in [0.1, 0.15) is 41.3 Å². The maximum Gasteiger partial charge on any atom is 0.276 e. The van der Waals surface area contributed by atoms with E-state index in [-0.39, 0.29) is 11.9 Å². The molecule has 1 aromatic carbocycles. The van der Waals surface area contributed by atoms with Crippen LogP contribution in [0, 0.1) is 6.92 Å². The van der Waals surface area contributed by atoms with Crippen LogP contribution in [0.2, 0.25) is 0 Å². The van der Waals surface area contributed by atoms with Gasteiger partial charge in [0.15, 0.2) is 11.5 Å². The fraction of sp³-hybridized carbons (Fsp3) is 0.368. The van der Waals surface area contributed by atoms with Crippen LogP contribution in [-0.4, -0.2) is 38.7 Å². The highest BCUT2D eigenvalue weighted by molar-refractivity contribution is 5.92. The molecule has 3 aromatic rings. The first-order chi connectivity index (χ1) is 12.7. The quantitative estimate of drug-likeness (QED) is 0.700. The third kappa shape index (κ3) is 3.37. The number of benzene rings is 1. The number of hydrogen-bond donors (Lipinski definition) is 0. The van der Waals surface area contributed by atoms with Crippen molar-refractivity contribution in [3.63, 3.8) is 0 Å². The van der Waals surface area contributed by atoms with Gasteiger partial charge in [-0.3, -0.25) is 4.79 Å². The van der Waals surface area contributed by atoms with Crippen molar-refractivity contribution in [2.24, 2.45) is 0 Å². The Hall–Kier alpha value is -2.96. The van der Waals surface area contributed by atoms with Crippen LogP contribution < -0.4 is 0 Å². The Morgan fingerprint density at radius 2 is 2.08 bits per heavy atom. The Morgan fingerprint density at radius 1 is 1.23 bits per heavy atom. The van der Waals surface area contributed by atoms with E-state index in [0.717, 1.165) is 31.4 Å². The second-order valence-corrected chi connectivity index (χ2v) is 6.54. The Morgan fingerprint density at radius 3 is 2.85 bits per heavy atom. The maximum absolute atomic E-state index is 12.6. The summed E-state index contributed by atoms with van der Waals surface area (Å²) in [6, 6.07) is 11.5. The lowest BCUT2D eigenvalue weighted by atomic mass is 10.1. The summed E-state index contributed by atoms with van der Waals surface area (Å²) in [5.41, 5.74) is 1.28. The third-order valence-corrected chi connectivity index (χ3v) is 4.68. The highest BCUT2D eigenvalue weighted by Crippen LogP contribution is 2.24. The van der Waals surface area contributed by atoms with E-state index in [1.54, 1.807) is 13.0 Å². The number of rotatable bonds is 5. The molecule has 1 amide bonds. The Balaban J connectivity index is 1.39. The number of carbonyl (C=O) groups is 1. The van der Waals surface area contributed by atoms with Gasteiger partial charge in [-0.2, -0.15) is 4.98 Å². The zero-order valence-corrected chi connectivity index (χ0v) is 14.6. The standard InChI is InChI=1S/C19H20N4O3/c1-13-12-16(21-25-13)19(24)23-11-5-8-15(23)9-10-17-20-18(26-22-17)14-6-3-2-4-7-14/h2-4,6-7,12,15H,5,8-11H2,1H3. The second kappa shape index (κ2) is 7.11. The lowest BCUT2D eigenvalue weighted by Crippen LogP contribution is -2.36. The normalized spacial score (nSPS) is 17.0. The van der Waals surface area contributed by atoms with E-state index in [0.29, 0.717) is 29.6 Å². The van der Waals surface area contributed by atoms with E-state index in [1.807, 2.05) is 35.2 Å². The van der Waals surface area contributed by atoms with Crippen molar-refractivity contribution >= 4 is 5.91 Å². The molecule has 0 N–H and O–H groups in total. The van der Waals surface area contributed by atoms with E-state index in [1.165, 1.54) is 0 Å². The average molecular weight is 352 g/mol. The van der Waals surface area contributed by atoms with E-state index >= 15 is 0 Å². The molecular weight excluding hydrogens is 332 g/mol. The first-order valence-corrected chi connectivity index (χ1v) is 8.83. The van der Waals surface area contributed by atoms with Gasteiger partial charge in [-0.1, -0.05) is 28.5 Å². The van der Waals surface area contributed by atoms with Gasteiger partial charge < -0.3 is 13.9 Å². The van der Waals surface area contributed by atoms with Gasteiger partial charge in [-0.05, 0) is 38.3 Å². The molecule has 0 bridgehead atoms. The predicted molar refractivity (Wildman–Crippen MR) is 93.4 cm³/mol. The Bertz CT molecular complexity index is 887. The molecule has 4 rings (SSSR count). The van der Waals surface area contributed by atoms with Gasteiger partial charge in [0.1, 0.15) is 5.76 Å². The van der Waals surface area contributed by atoms with Crippen LogP contribution in [0.5, 0.6) is 0 Å². The van der Waals surface area contributed by atoms with Gasteiger partial charge in [0.2, 0.25) is 0 Å². The van der Waals surface area contributed by atoms with Crippen molar-refractivity contribution in [1.29, 1.82) is 0 Å². The molecular formula is C19H20N4O3. The first-order valence-electron chi connectivity index (χ1n) is 8.83. The van der Waals surface area contributed by atoms with Crippen LogP contribution in [-0.2, 0) is 6.42 Å². The van der Waals surface area contributed by atoms with Crippen LogP contribution >= 0.6 is 0 Å². The largest absolute Gasteiger partial charge is 0.361 e. The van der Waals surface area contributed by atoms with Gasteiger partial charge in [0.25, 0.3) is 11.8 Å². The lowest BCUT2D eigenvalue weighted by molar-refractivity contribution is 0.0719. The van der Waals surface area contributed by atoms with Crippen molar-refractivity contribution in [2.75, 3.05) is 6.54 Å². The van der Waals surface area contributed by atoms with Gasteiger partial charge in [-0.15, -0.1) is 0 Å². The van der Waals surface area contributed by atoms with Crippen molar-refractivity contribution in [1.82, 2.24) is 20.2 Å². The number of aryl methyl sites for hydroxylation is 2. The Kier molecular flexibility index (Phi) is 4.51. The van der Waals surface area contributed by atoms with Crippen LogP contribution in [0.3, 0.4) is 0 Å². The summed E-state index contributed by atoms with van der Waals surface area (Å²) in [4.78, 5) is 19.0. The molecule has 2 aromatic heterocycles. The summed E-state index contributed by atoms with van der Waals surface area (Å²) in [6.07, 6.45) is 3.44. The summed E-state index contributed by atoms with van der Waals surface area (Å²) in [6.45, 7) is 2.53. The van der Waals surface area contributed by atoms with Gasteiger partial charge in [-0.25, -0.2) is 0 Å². The number of amides is 1. The molecule has 0 saturated carbocycles. The zero-order chi connectivity index (χ0) is 17.9. The molecule has 1 atom stereocenters. The maximum atomic E-state index is 12.6. The summed E-state index contributed by atoms with van der Waals surface area (Å²) in [5, 5.41) is 7.91. The fourth-order valence-electron chi connectivity index (χ4n) is 3.37. The van der Waals surface area contributed by atoms with Crippen LogP contribution in [0.25, 0.3) is 11.5 Å². The monoisotopic (exact) mass is 352 g/mol. The molecule has 1 unspecified atom stereocenters. The van der Waals surface area contributed by atoms with E-state index in [4.69, 9.17) is 9.05 Å². The lowest BCUT2D eigenvalue weighted by Gasteiger charge is -2.23. The second-order valence-electron chi connectivity index (χ2n) is 6.54. The molecule has 0 spiro atoms. The van der Waals surface area contributed by atoms with Crippen molar-refractivity contribution in [3.8, 4) is 11.5 Å². The zero-order valence-electron chi connectivity index (χ0n) is 14.6. The molecule has 0 radical (unpaired) electrons. The first kappa shape index (κ1) is 16.5. The van der Waals surface area contributed by atoms with E-state index in [9.17, 15) is 4.79 Å². The summed E-state index contributed by atoms with van der Waals surface area (Å²) in [7, 11) is 0. The van der Waals surface area contributed by atoms with E-state index < -0.39 is 0 Å². The van der Waals surface area contributed by atoms with Crippen molar-refractivity contribution < 1.29 is 13.8 Å². The fourth-order valence-corrected chi connectivity index (χ4v) is 3.37. The smallest absolute Gasteiger partial charge is 0.276 e. The highest BCUT2D eigenvalue weighted by atomic mass is 16.5. The molecule has 26 heavy (non-hydrogen) atoms. The molecule has 0 aliphatic carbocycles. The van der Waals surface area contributed by atoms with Gasteiger partial charge in [0, 0.05) is 30.6 Å². The Labute approximate surface area is 151 Å². The molecule has 1 aliphatic heterocycles. The minimum Gasteiger partial charge on any atom is -0.361 e. The minimum atomic E-state index is -0.0672. The summed E-state index contributed by atoms with van der Waals surface area (Å²) >= 11 is 0. The van der Waals surface area contributed by atoms with E-state index in [2.05, 4.69) is 15.3 Å². The van der Waals surface area contributed by atoms with Crippen molar-refractivity contribution in [2.45, 2.75) is 38.6 Å². The third-order valence-electron chi connectivity index (χ3n) is 4.68. The number of carbonyl (C=O) groups excluding carboxylic acids is 1. The molecule has 7 heteroatoms. The highest BCUT2D eigenvalue weighted by Gasteiger charge is 2.31. The van der Waals surface area contributed by atoms with Gasteiger partial charge >= 0.3 is 0 Å². The molecule has 1 fully saturated rings. The number of likely N-dealkylation sites (tertiary alicyclic amines) is 1. The van der Waals surface area contributed by atoms with Crippen molar-refractivity contribution in [3.05, 3.63) is 53.7 Å². The summed E-state index contributed by atoms with van der Waals surface area (Å²) in [5.74, 6) is 1.77. The number of aromatic nitrogens is 3. The SMILES string of the molecule is Cc1cc(C(=O)N2CCCC2CCc2noc(-c3ccccc3)n2)no1. The molecule has 1 saturated heterocycles. The van der Waals surface area contributed by atoms with Crippen LogP contribution in [0.15, 0.2) is 45.4 Å². The molecule has 3 heterocycles. The molecule has 7 nitrogen and oxygen atoms in total. The average Bonchev–Trinajstić information content (AvgIpc) is 3.40. The van der Waals surface area contributed by atoms with Gasteiger partial charge in [0.05, 0.1) is 0 Å². The summed E-state index contributed by atoms with van der Waals surface area (Å²) < 4.78 is 10.4. The topological polar surface area (TPSA) is 85.3 Å². The number of nitrogens with zero attached hydrogens (tertiary/aromatic N) is 4. The predicted octanol–water partition coefficient (Wildman–Crippen LogP) is 3.27. The number of hydrogen-bond acceptors (Lipinski definition) is 6. The minimum absolute atomic E-state index is 0.0672.